The van der Waals surface area contributed by atoms with Crippen molar-refractivity contribution in [3.63, 3.8) is 0 Å². The van der Waals surface area contributed by atoms with E-state index in [2.05, 4.69) is 29.5 Å². The van der Waals surface area contributed by atoms with Gasteiger partial charge in [-0.3, -0.25) is 9.59 Å². The van der Waals surface area contributed by atoms with Gasteiger partial charge < -0.3 is 5.32 Å². The van der Waals surface area contributed by atoms with E-state index in [1.165, 1.54) is 10.2 Å². The summed E-state index contributed by atoms with van der Waals surface area (Å²) in [4.78, 5) is 26.3. The number of benzene rings is 2. The third kappa shape index (κ3) is 3.63. The van der Waals surface area contributed by atoms with E-state index in [1.54, 1.807) is 11.3 Å². The molecule has 1 amide bonds. The highest BCUT2D eigenvalue weighted by atomic mass is 32.1. The van der Waals surface area contributed by atoms with Gasteiger partial charge in [0, 0.05) is 16.6 Å². The Kier molecular flexibility index (Phi) is 5.68. The van der Waals surface area contributed by atoms with Crippen LogP contribution in [-0.4, -0.2) is 15.7 Å². The molecule has 0 spiro atoms. The van der Waals surface area contributed by atoms with Crippen LogP contribution in [0.25, 0.3) is 20.2 Å². The number of nitrogens with zero attached hydrogens (tertiary/aromatic N) is 2. The molecule has 0 fully saturated rings. The molecule has 1 N–H and O–H groups in total. The Morgan fingerprint density at radius 2 is 1.80 bits per heavy atom. The zero-order valence-corrected chi connectivity index (χ0v) is 18.3. The largest absolute Gasteiger partial charge is 0.350 e. The Bertz CT molecular complexity index is 1270. The average molecular weight is 420 g/mol. The van der Waals surface area contributed by atoms with E-state index < -0.39 is 6.04 Å². The van der Waals surface area contributed by atoms with E-state index in [-0.39, 0.29) is 11.5 Å². The molecule has 2 heterocycles. The number of fused-ring (bicyclic) bond motifs is 3. The predicted octanol–water partition coefficient (Wildman–Crippen LogP) is 4.75. The highest BCUT2D eigenvalue weighted by Crippen LogP contribution is 2.33. The molecule has 0 bridgehead atoms. The number of hydrogen-bond donors (Lipinski definition) is 1. The van der Waals surface area contributed by atoms with Crippen molar-refractivity contribution in [2.75, 3.05) is 0 Å². The van der Waals surface area contributed by atoms with Gasteiger partial charge >= 0.3 is 0 Å². The Morgan fingerprint density at radius 1 is 1.10 bits per heavy atom. The normalized spacial score (nSPS) is 12.4. The number of thiophene rings is 1. The molecule has 2 aromatic carbocycles. The number of nitrogens with one attached hydrogen (secondary N) is 1. The van der Waals surface area contributed by atoms with Crippen molar-refractivity contribution in [3.05, 3.63) is 75.7 Å². The maximum Gasteiger partial charge on any atom is 0.276 e. The van der Waals surface area contributed by atoms with Gasteiger partial charge in [-0.25, -0.2) is 4.68 Å². The van der Waals surface area contributed by atoms with Gasteiger partial charge in [0.15, 0.2) is 0 Å². The van der Waals surface area contributed by atoms with Crippen LogP contribution in [-0.2, 0) is 17.8 Å². The molecule has 5 nitrogen and oxygen atoms in total. The lowest BCUT2D eigenvalue weighted by atomic mass is 10.1. The highest BCUT2D eigenvalue weighted by Gasteiger charge is 2.24. The summed E-state index contributed by atoms with van der Waals surface area (Å²) >= 11 is 1.57. The van der Waals surface area contributed by atoms with Crippen LogP contribution in [0.4, 0.5) is 0 Å². The number of aromatic nitrogens is 2. The van der Waals surface area contributed by atoms with E-state index in [0.717, 1.165) is 32.5 Å². The van der Waals surface area contributed by atoms with Crippen molar-refractivity contribution < 1.29 is 4.79 Å². The van der Waals surface area contributed by atoms with Gasteiger partial charge in [-0.1, -0.05) is 56.3 Å². The smallest absolute Gasteiger partial charge is 0.276 e. The van der Waals surface area contributed by atoms with E-state index in [4.69, 9.17) is 0 Å². The summed E-state index contributed by atoms with van der Waals surface area (Å²) in [6, 6.07) is 15.4. The predicted molar refractivity (Wildman–Crippen MR) is 123 cm³/mol. The second-order valence-electron chi connectivity index (χ2n) is 7.45. The average Bonchev–Trinajstić information content (AvgIpc) is 3.17. The molecule has 0 aliphatic carbocycles. The topological polar surface area (TPSA) is 64.0 Å². The lowest BCUT2D eigenvalue weighted by molar-refractivity contribution is -0.125. The van der Waals surface area contributed by atoms with Crippen LogP contribution >= 0.6 is 11.3 Å². The molecule has 1 atom stereocenters. The van der Waals surface area contributed by atoms with Crippen molar-refractivity contribution in [2.24, 2.45) is 0 Å². The SMILES string of the molecule is CCc1ccc(CNC(=O)[C@H](CC)n2nc(C)c3sc4ccccc4c3c2=O)cc1. The third-order valence-corrected chi connectivity index (χ3v) is 6.77. The number of aryl methyl sites for hydroxylation is 2. The van der Waals surface area contributed by atoms with Crippen LogP contribution in [0.2, 0.25) is 0 Å². The minimum Gasteiger partial charge on any atom is -0.350 e. The molecule has 0 saturated heterocycles. The summed E-state index contributed by atoms with van der Waals surface area (Å²) in [7, 11) is 0. The molecule has 30 heavy (non-hydrogen) atoms. The zero-order valence-electron chi connectivity index (χ0n) is 17.4. The second kappa shape index (κ2) is 8.40. The molecule has 0 unspecified atom stereocenters. The summed E-state index contributed by atoms with van der Waals surface area (Å²) < 4.78 is 3.32. The first-order chi connectivity index (χ1) is 14.5. The quantitative estimate of drug-likeness (QED) is 0.491. The highest BCUT2D eigenvalue weighted by molar-refractivity contribution is 7.26. The van der Waals surface area contributed by atoms with E-state index in [1.807, 2.05) is 50.2 Å². The lowest BCUT2D eigenvalue weighted by Crippen LogP contribution is -2.38. The van der Waals surface area contributed by atoms with Gasteiger partial charge in [0.05, 0.1) is 15.8 Å². The van der Waals surface area contributed by atoms with Crippen molar-refractivity contribution in [2.45, 2.75) is 46.2 Å². The Labute approximate surface area is 179 Å². The number of hydrogen-bond acceptors (Lipinski definition) is 4. The molecule has 0 radical (unpaired) electrons. The number of carbonyl (C=O) groups excluding carboxylic acids is 1. The van der Waals surface area contributed by atoms with Gasteiger partial charge in [-0.15, -0.1) is 11.3 Å². The van der Waals surface area contributed by atoms with Crippen LogP contribution in [0.3, 0.4) is 0 Å². The van der Waals surface area contributed by atoms with Gasteiger partial charge in [-0.05, 0) is 37.0 Å². The first kappa shape index (κ1) is 20.3. The van der Waals surface area contributed by atoms with Crippen molar-refractivity contribution in [1.29, 1.82) is 0 Å². The molecule has 4 rings (SSSR count). The molecule has 2 aromatic heterocycles. The first-order valence-corrected chi connectivity index (χ1v) is 11.1. The van der Waals surface area contributed by atoms with Crippen LogP contribution < -0.4 is 10.9 Å². The van der Waals surface area contributed by atoms with Crippen LogP contribution in [0.5, 0.6) is 0 Å². The number of rotatable bonds is 6. The summed E-state index contributed by atoms with van der Waals surface area (Å²) in [6.07, 6.45) is 1.47. The van der Waals surface area contributed by atoms with Crippen LogP contribution in [0, 0.1) is 6.92 Å². The van der Waals surface area contributed by atoms with Crippen molar-refractivity contribution in [3.8, 4) is 0 Å². The second-order valence-corrected chi connectivity index (χ2v) is 8.50. The Morgan fingerprint density at radius 3 is 2.50 bits per heavy atom. The fourth-order valence-electron chi connectivity index (χ4n) is 3.76. The fraction of sp³-hybridized carbons (Fsp3) is 0.292. The minimum absolute atomic E-state index is 0.190. The summed E-state index contributed by atoms with van der Waals surface area (Å²) in [6.45, 7) is 6.34. The molecule has 4 aromatic rings. The molecule has 154 valence electrons. The van der Waals surface area contributed by atoms with E-state index in [9.17, 15) is 9.59 Å². The Hall–Kier alpha value is -2.99. The number of carbonyl (C=O) groups is 1. The van der Waals surface area contributed by atoms with Crippen LogP contribution in [0.15, 0.2) is 53.3 Å². The fourth-order valence-corrected chi connectivity index (χ4v) is 4.89. The van der Waals surface area contributed by atoms with E-state index >= 15 is 0 Å². The maximum absolute atomic E-state index is 13.3. The van der Waals surface area contributed by atoms with Crippen molar-refractivity contribution >= 4 is 37.4 Å². The molecule has 6 heteroatoms. The number of amides is 1. The summed E-state index contributed by atoms with van der Waals surface area (Å²) in [5, 5.41) is 9.08. The summed E-state index contributed by atoms with van der Waals surface area (Å²) in [5.74, 6) is -0.190. The third-order valence-electron chi connectivity index (χ3n) is 5.49. The lowest BCUT2D eigenvalue weighted by Gasteiger charge is -2.17. The van der Waals surface area contributed by atoms with E-state index in [0.29, 0.717) is 18.4 Å². The maximum atomic E-state index is 13.3. The first-order valence-electron chi connectivity index (χ1n) is 10.3. The zero-order chi connectivity index (χ0) is 21.3. The monoisotopic (exact) mass is 419 g/mol. The standard InChI is InChI=1S/C24H25N3O2S/c1-4-16-10-12-17(13-11-16)14-25-23(28)19(5-2)27-24(29)21-18-8-6-7-9-20(18)30-22(21)15(3)26-27/h6-13,19H,4-5,14H2,1-3H3,(H,25,28)/t19-/m0/s1. The van der Waals surface area contributed by atoms with Crippen LogP contribution in [0.1, 0.15) is 43.1 Å². The van der Waals surface area contributed by atoms with Gasteiger partial charge in [0.1, 0.15) is 6.04 Å². The Balaban J connectivity index is 1.66. The molecular formula is C24H25N3O2S. The van der Waals surface area contributed by atoms with Gasteiger partial charge in [-0.2, -0.15) is 5.10 Å². The van der Waals surface area contributed by atoms with Gasteiger partial charge in [0.25, 0.3) is 5.56 Å². The van der Waals surface area contributed by atoms with Crippen molar-refractivity contribution in [1.82, 2.24) is 15.1 Å². The molecule has 0 aliphatic rings. The van der Waals surface area contributed by atoms with Gasteiger partial charge in [0.2, 0.25) is 5.91 Å². The minimum atomic E-state index is -0.644. The molecule has 0 saturated carbocycles. The molecule has 0 aliphatic heterocycles. The molecular weight excluding hydrogens is 394 g/mol. The summed E-state index contributed by atoms with van der Waals surface area (Å²) in [5.41, 5.74) is 2.86.